The van der Waals surface area contributed by atoms with Crippen molar-refractivity contribution in [2.75, 3.05) is 0 Å². The van der Waals surface area contributed by atoms with E-state index in [0.717, 1.165) is 76.0 Å². The molecule has 0 saturated heterocycles. The molecule has 14 rings (SSSR count). The van der Waals surface area contributed by atoms with Gasteiger partial charge < -0.3 is 4.40 Å². The van der Waals surface area contributed by atoms with Crippen LogP contribution in [0.25, 0.3) is 110 Å². The smallest absolute Gasteiger partial charge is 0.0620 e. The van der Waals surface area contributed by atoms with E-state index in [9.17, 15) is 0 Å². The van der Waals surface area contributed by atoms with E-state index in [1.54, 1.807) is 0 Å². The van der Waals surface area contributed by atoms with E-state index < -0.39 is 0 Å². The first kappa shape index (κ1) is 42.6. The minimum Gasteiger partial charge on any atom is 0.0620 e. The predicted octanol–water partition coefficient (Wildman–Crippen LogP) is 16.5. The summed E-state index contributed by atoms with van der Waals surface area (Å²) in [6.07, 6.45) is 1.89. The number of aromatic nitrogens is 5. The summed E-state index contributed by atoms with van der Waals surface area (Å²) in [6, 6.07) is 77.1. The van der Waals surface area contributed by atoms with Crippen molar-refractivity contribution in [2.45, 2.75) is 33.1 Å². The molecule has 0 fully saturated rings. The number of imidazole rings is 1. The molecule has 0 aliphatic heterocycles. The third-order valence-corrected chi connectivity index (χ3v) is 15.4. The number of nitrogens with zero attached hydrogens (tertiary/aromatic N) is 5. The molecule has 0 aliphatic carbocycles. The van der Waals surface area contributed by atoms with E-state index in [0.29, 0.717) is 11.5 Å². The van der Waals surface area contributed by atoms with Crippen LogP contribution in [-0.4, -0.2) is 23.1 Å². The third kappa shape index (κ3) is 6.52. The van der Waals surface area contributed by atoms with Crippen molar-refractivity contribution in [1.82, 2.24) is 23.1 Å². The number of hydrogen-bond acceptors (Lipinski definition) is 2. The Labute approximate surface area is 427 Å². The van der Waals surface area contributed by atoms with Gasteiger partial charge >= 0.3 is 320 Å². The summed E-state index contributed by atoms with van der Waals surface area (Å²) in [5.74, 6) is 2.00. The molecular weight excluding hydrogens is 1060 g/mol. The van der Waals surface area contributed by atoms with Gasteiger partial charge in [0.2, 0.25) is 0 Å². The normalized spacial score (nSPS) is 12.2. The maximum absolute atomic E-state index is 6.83. The third-order valence-electron chi connectivity index (χ3n) is 14.4. The van der Waals surface area contributed by atoms with E-state index >= 15 is 0 Å². The molecule has 0 amide bonds. The first-order chi connectivity index (χ1) is 35.2. The van der Waals surface area contributed by atoms with Crippen LogP contribution < -0.4 is 4.74 Å². The number of ether oxygens (including phenoxy) is 1. The van der Waals surface area contributed by atoms with Crippen LogP contribution in [0.5, 0.6) is 11.5 Å². The minimum atomic E-state index is -0.0815. The van der Waals surface area contributed by atoms with Crippen LogP contribution >= 0.6 is 0 Å². The van der Waals surface area contributed by atoms with Crippen molar-refractivity contribution in [3.05, 3.63) is 227 Å². The zero-order chi connectivity index (χ0) is 48.4. The number of hydrogen-bond donors (Lipinski definition) is 0. The molecule has 9 aromatic carbocycles. The van der Waals surface area contributed by atoms with Crippen LogP contribution in [0.15, 0.2) is 200 Å². The summed E-state index contributed by atoms with van der Waals surface area (Å²) >= 11 is 2.50. The Morgan fingerprint density at radius 2 is 1.10 bits per heavy atom. The zero-order valence-corrected chi connectivity index (χ0v) is 42.3. The Kier molecular flexibility index (Phi) is 9.52. The van der Waals surface area contributed by atoms with Gasteiger partial charge in [-0.25, -0.2) is 0 Å². The number of fused-ring (bicyclic) bond motifs is 10. The predicted molar refractivity (Wildman–Crippen MR) is 291 cm³/mol. The molecule has 7 heteroatoms. The summed E-state index contributed by atoms with van der Waals surface area (Å²) in [6.45, 7) is 8.99. The van der Waals surface area contributed by atoms with Gasteiger partial charge in [-0.3, -0.25) is 0 Å². The second-order valence-electron chi connectivity index (χ2n) is 19.9. The fourth-order valence-corrected chi connectivity index (χ4v) is 12.1. The second kappa shape index (κ2) is 16.1. The number of para-hydroxylation sites is 4. The van der Waals surface area contributed by atoms with Gasteiger partial charge in [0.15, 0.2) is 0 Å². The van der Waals surface area contributed by atoms with E-state index in [1.165, 1.54) is 49.3 Å². The molecule has 0 spiro atoms. The summed E-state index contributed by atoms with van der Waals surface area (Å²) in [7, 11) is 0. The Morgan fingerprint density at radius 1 is 0.486 bits per heavy atom. The van der Waals surface area contributed by atoms with Gasteiger partial charge in [-0.2, -0.15) is 0 Å². The molecular formula is C65H45N5OPt-2. The Bertz CT molecular complexity index is 4490. The fourth-order valence-electron chi connectivity index (χ4n) is 11.1. The van der Waals surface area contributed by atoms with Crippen LogP contribution in [-0.2, 0) is 24.8 Å². The molecule has 0 atom stereocenters. The fraction of sp³-hybridized carbons (Fsp3) is 0.0769. The van der Waals surface area contributed by atoms with Crippen molar-refractivity contribution >= 4 is 70.9 Å². The summed E-state index contributed by atoms with van der Waals surface area (Å²) < 4.78 is 17.2. The van der Waals surface area contributed by atoms with Gasteiger partial charge in [0.05, 0.1) is 16.6 Å². The van der Waals surface area contributed by atoms with Crippen LogP contribution in [0.1, 0.15) is 31.9 Å². The first-order valence-electron chi connectivity index (χ1n) is 24.4. The van der Waals surface area contributed by atoms with Gasteiger partial charge in [0.1, 0.15) is 0 Å². The molecule has 0 bridgehead atoms. The van der Waals surface area contributed by atoms with Gasteiger partial charge in [-0.05, 0) is 24.6 Å². The van der Waals surface area contributed by atoms with Crippen molar-refractivity contribution in [3.63, 3.8) is 0 Å². The van der Waals surface area contributed by atoms with E-state index in [-0.39, 0.29) is 5.41 Å². The van der Waals surface area contributed by atoms with E-state index in [1.807, 2.05) is 30.5 Å². The number of aryl methyl sites for hydroxylation is 1. The molecule has 6 nitrogen and oxygen atoms in total. The molecule has 0 aliphatic rings. The monoisotopic (exact) mass is 1110 g/mol. The quantitative estimate of drug-likeness (QED) is 0.149. The molecule has 5 heterocycles. The van der Waals surface area contributed by atoms with Gasteiger partial charge in [0, 0.05) is 27.7 Å². The average molecular weight is 1110 g/mol. The minimum absolute atomic E-state index is 0.0815. The van der Waals surface area contributed by atoms with Crippen LogP contribution in [0.4, 0.5) is 0 Å². The van der Waals surface area contributed by atoms with Gasteiger partial charge in [-0.15, -0.1) is 0 Å². The first-order valence-corrected chi connectivity index (χ1v) is 25.5. The molecule has 0 radical (unpaired) electrons. The Balaban J connectivity index is 0.933. The van der Waals surface area contributed by atoms with Crippen LogP contribution in [0.3, 0.4) is 0 Å². The van der Waals surface area contributed by atoms with Crippen molar-refractivity contribution in [1.29, 1.82) is 0 Å². The van der Waals surface area contributed by atoms with E-state index in [2.05, 4.69) is 247 Å². The molecule has 14 aromatic rings. The topological polar surface area (TPSA) is 41.3 Å². The van der Waals surface area contributed by atoms with Crippen molar-refractivity contribution in [2.24, 2.45) is 0 Å². The molecule has 0 saturated carbocycles. The number of benzene rings is 9. The Morgan fingerprint density at radius 3 is 1.81 bits per heavy atom. The molecule has 0 unspecified atom stereocenters. The van der Waals surface area contributed by atoms with E-state index in [4.69, 9.17) is 9.72 Å². The standard InChI is InChI=1S/C65H45N5O.Pt/c1-41-31-32-66-62(33-41)69-59-37-47(29-30-49(59)54-38-55-51-25-16-24-50-48-23-11-12-26-56(48)70(64(50)51)61(55)39-60(54)69)71-46-22-15-21-45(36-46)67-40-68(58-28-14-13-27-57(58)67)63-52(42-17-7-5-8-18-42)34-44(65(2,3)4)35-53(63)43-19-9-6-10-20-43;/h5-35,38-39H,1-4H3;/q-2;. The summed E-state index contributed by atoms with van der Waals surface area (Å²) in [5, 5.41) is 7.21. The SMILES string of the molecule is Cc1ccnc(-n2c3[c-]c(Oc4[c-]c(-n5[c](=[Pt])n(-c6c(-c7ccccc7)cc(C(C)(C)C)cc6-c6ccccc6)c6ccccc65)ccc4)ccc3c3cc4c5cccc6c7ccccc7n(c4cc32)c65)c1. The second-order valence-corrected chi connectivity index (χ2v) is 20.9. The average Bonchev–Trinajstić information content (AvgIpc) is 4.12. The summed E-state index contributed by atoms with van der Waals surface area (Å²) in [4.78, 5) is 4.95. The molecule has 5 aromatic heterocycles. The van der Waals surface area contributed by atoms with Crippen molar-refractivity contribution in [3.8, 4) is 50.9 Å². The number of rotatable bonds is 7. The van der Waals surface area contributed by atoms with Crippen LogP contribution in [0.2, 0.25) is 0 Å². The molecule has 72 heavy (non-hydrogen) atoms. The van der Waals surface area contributed by atoms with Crippen molar-refractivity contribution < 1.29 is 24.1 Å². The molecule has 348 valence electrons. The van der Waals surface area contributed by atoms with Gasteiger partial charge in [-0.1, -0.05) is 36.4 Å². The zero-order valence-electron chi connectivity index (χ0n) is 40.0. The maximum atomic E-state index is 6.83. The summed E-state index contributed by atoms with van der Waals surface area (Å²) in [5.41, 5.74) is 16.7. The molecule has 0 N–H and O–H groups in total. The van der Waals surface area contributed by atoms with Gasteiger partial charge in [0.25, 0.3) is 0 Å². The Hall–Kier alpha value is -8.31. The van der Waals surface area contributed by atoms with Crippen LogP contribution in [0, 0.1) is 22.9 Å². The number of pyridine rings is 1.